The first kappa shape index (κ1) is 22.5. The molecule has 0 bridgehead atoms. The molecule has 0 radical (unpaired) electrons. The standard InChI is InChI=1S/C26H36N2O2/c1-5-21-7-9-22(10-8-21)15-16-26(6-2,27(3)4)25(29)23-11-13-24(14-12-23)28-17-19-30-20-18-28/h7-14H,5-6,15-20H2,1-4H3. The third-order valence-electron chi connectivity index (χ3n) is 6.63. The Balaban J connectivity index is 1.76. The van der Waals surface area contributed by atoms with Gasteiger partial charge >= 0.3 is 0 Å². The maximum atomic E-state index is 13.7. The number of carbonyl (C=O) groups is 1. The summed E-state index contributed by atoms with van der Waals surface area (Å²) in [7, 11) is 4.06. The molecule has 0 aliphatic carbocycles. The van der Waals surface area contributed by atoms with Gasteiger partial charge in [0, 0.05) is 24.3 Å². The highest BCUT2D eigenvalue weighted by Gasteiger charge is 2.39. The van der Waals surface area contributed by atoms with Crippen molar-refractivity contribution in [1.29, 1.82) is 0 Å². The van der Waals surface area contributed by atoms with Crippen LogP contribution >= 0.6 is 0 Å². The lowest BCUT2D eigenvalue weighted by atomic mass is 9.80. The first-order valence-corrected chi connectivity index (χ1v) is 11.2. The topological polar surface area (TPSA) is 32.8 Å². The minimum Gasteiger partial charge on any atom is -0.378 e. The SMILES string of the molecule is CCc1ccc(CCC(CC)(C(=O)c2ccc(N3CCOCC3)cc2)N(C)C)cc1. The van der Waals surface area contributed by atoms with Gasteiger partial charge in [-0.1, -0.05) is 38.1 Å². The van der Waals surface area contributed by atoms with Crippen LogP contribution in [0.4, 0.5) is 5.69 Å². The molecule has 1 unspecified atom stereocenters. The predicted molar refractivity (Wildman–Crippen MR) is 125 cm³/mol. The third kappa shape index (κ3) is 4.93. The molecule has 4 heteroatoms. The Labute approximate surface area is 181 Å². The number of rotatable bonds is 9. The molecule has 0 spiro atoms. The highest BCUT2D eigenvalue weighted by Crippen LogP contribution is 2.29. The number of ether oxygens (including phenoxy) is 1. The number of carbonyl (C=O) groups excluding carboxylic acids is 1. The maximum absolute atomic E-state index is 13.7. The normalized spacial score (nSPS) is 16.5. The fourth-order valence-electron chi connectivity index (χ4n) is 4.40. The summed E-state index contributed by atoms with van der Waals surface area (Å²) < 4.78 is 5.44. The predicted octanol–water partition coefficient (Wildman–Crippen LogP) is 4.61. The van der Waals surface area contributed by atoms with Gasteiger partial charge in [0.25, 0.3) is 0 Å². The molecule has 1 saturated heterocycles. The fraction of sp³-hybridized carbons (Fsp3) is 0.500. The molecule has 4 nitrogen and oxygen atoms in total. The fourth-order valence-corrected chi connectivity index (χ4v) is 4.40. The Morgan fingerprint density at radius 3 is 2.10 bits per heavy atom. The highest BCUT2D eigenvalue weighted by molar-refractivity contribution is 6.03. The van der Waals surface area contributed by atoms with E-state index in [0.29, 0.717) is 0 Å². The molecular formula is C26H36N2O2. The Morgan fingerprint density at radius 2 is 1.57 bits per heavy atom. The van der Waals surface area contributed by atoms with Crippen molar-refractivity contribution < 1.29 is 9.53 Å². The number of benzene rings is 2. The van der Waals surface area contributed by atoms with Gasteiger partial charge in [0.1, 0.15) is 0 Å². The Bertz CT molecular complexity index is 808. The number of ketones is 1. The van der Waals surface area contributed by atoms with Crippen molar-refractivity contribution in [3.05, 3.63) is 65.2 Å². The van der Waals surface area contributed by atoms with Gasteiger partial charge in [-0.3, -0.25) is 9.69 Å². The second-order valence-corrected chi connectivity index (χ2v) is 8.43. The van der Waals surface area contributed by atoms with Gasteiger partial charge in [-0.15, -0.1) is 0 Å². The second-order valence-electron chi connectivity index (χ2n) is 8.43. The molecule has 0 saturated carbocycles. The van der Waals surface area contributed by atoms with Gasteiger partial charge < -0.3 is 9.64 Å². The average Bonchev–Trinajstić information content (AvgIpc) is 2.80. The van der Waals surface area contributed by atoms with Gasteiger partial charge in [-0.2, -0.15) is 0 Å². The van der Waals surface area contributed by atoms with Crippen LogP contribution in [0, 0.1) is 0 Å². The molecule has 2 aromatic carbocycles. The summed E-state index contributed by atoms with van der Waals surface area (Å²) in [6, 6.07) is 17.0. The van der Waals surface area contributed by atoms with Crippen molar-refractivity contribution in [2.24, 2.45) is 0 Å². The number of nitrogens with zero attached hydrogens (tertiary/aromatic N) is 2. The molecule has 0 aromatic heterocycles. The summed E-state index contributed by atoms with van der Waals surface area (Å²) in [5.74, 6) is 0.216. The van der Waals surface area contributed by atoms with E-state index in [-0.39, 0.29) is 5.78 Å². The summed E-state index contributed by atoms with van der Waals surface area (Å²) in [5, 5.41) is 0. The van der Waals surface area contributed by atoms with Crippen LogP contribution in [0.25, 0.3) is 0 Å². The van der Waals surface area contributed by atoms with Crippen LogP contribution in [0.3, 0.4) is 0 Å². The summed E-state index contributed by atoms with van der Waals surface area (Å²) in [4.78, 5) is 18.1. The summed E-state index contributed by atoms with van der Waals surface area (Å²) in [6.45, 7) is 7.63. The first-order chi connectivity index (χ1) is 14.5. The lowest BCUT2D eigenvalue weighted by Crippen LogP contribution is -2.51. The third-order valence-corrected chi connectivity index (χ3v) is 6.63. The maximum Gasteiger partial charge on any atom is 0.183 e. The monoisotopic (exact) mass is 408 g/mol. The van der Waals surface area contributed by atoms with Gasteiger partial charge in [-0.05, 0) is 75.2 Å². The Kier molecular flexibility index (Phi) is 7.68. The summed E-state index contributed by atoms with van der Waals surface area (Å²) >= 11 is 0. The molecule has 162 valence electrons. The zero-order valence-corrected chi connectivity index (χ0v) is 19.0. The number of aryl methyl sites for hydroxylation is 2. The molecule has 1 heterocycles. The van der Waals surface area contributed by atoms with Crippen LogP contribution in [0.1, 0.15) is 48.2 Å². The van der Waals surface area contributed by atoms with Crippen molar-refractivity contribution >= 4 is 11.5 Å². The van der Waals surface area contributed by atoms with Gasteiger partial charge in [0.2, 0.25) is 0 Å². The minimum atomic E-state index is -0.496. The van der Waals surface area contributed by atoms with E-state index >= 15 is 0 Å². The quantitative estimate of drug-likeness (QED) is 0.567. The smallest absolute Gasteiger partial charge is 0.183 e. The lowest BCUT2D eigenvalue weighted by Gasteiger charge is -2.38. The van der Waals surface area contributed by atoms with Crippen LogP contribution in [0.5, 0.6) is 0 Å². The molecule has 0 amide bonds. The molecule has 2 aromatic rings. The van der Waals surface area contributed by atoms with Crippen molar-refractivity contribution in [2.75, 3.05) is 45.3 Å². The van der Waals surface area contributed by atoms with Crippen LogP contribution in [-0.2, 0) is 17.6 Å². The number of morpholine rings is 1. The largest absolute Gasteiger partial charge is 0.378 e. The molecule has 1 atom stereocenters. The second kappa shape index (κ2) is 10.2. The minimum absolute atomic E-state index is 0.216. The van der Waals surface area contributed by atoms with Crippen LogP contribution < -0.4 is 4.90 Å². The van der Waals surface area contributed by atoms with E-state index in [9.17, 15) is 4.79 Å². The number of likely N-dealkylation sites (N-methyl/N-ethyl adjacent to an activating group) is 1. The molecule has 1 aliphatic rings. The zero-order valence-electron chi connectivity index (χ0n) is 19.0. The van der Waals surface area contributed by atoms with Gasteiger partial charge in [0.05, 0.1) is 18.8 Å². The van der Waals surface area contributed by atoms with Crippen molar-refractivity contribution in [3.8, 4) is 0 Å². The van der Waals surface area contributed by atoms with Crippen LogP contribution in [0.15, 0.2) is 48.5 Å². The van der Waals surface area contributed by atoms with Gasteiger partial charge in [-0.25, -0.2) is 0 Å². The summed E-state index contributed by atoms with van der Waals surface area (Å²) in [5.41, 5.74) is 4.11. The highest BCUT2D eigenvalue weighted by atomic mass is 16.5. The summed E-state index contributed by atoms with van der Waals surface area (Å²) in [6.07, 6.45) is 3.55. The Morgan fingerprint density at radius 1 is 0.967 bits per heavy atom. The number of hydrogen-bond donors (Lipinski definition) is 0. The number of hydrogen-bond acceptors (Lipinski definition) is 4. The van der Waals surface area contributed by atoms with E-state index < -0.39 is 5.54 Å². The van der Waals surface area contributed by atoms with E-state index in [0.717, 1.165) is 63.2 Å². The van der Waals surface area contributed by atoms with Crippen molar-refractivity contribution in [3.63, 3.8) is 0 Å². The molecule has 1 aliphatic heterocycles. The molecule has 0 N–H and O–H groups in total. The zero-order chi connectivity index (χ0) is 21.6. The average molecular weight is 409 g/mol. The molecule has 1 fully saturated rings. The molecule has 30 heavy (non-hydrogen) atoms. The van der Waals surface area contributed by atoms with E-state index in [1.54, 1.807) is 0 Å². The number of Topliss-reactive ketones (excluding diaryl/α,β-unsaturated/α-hetero) is 1. The van der Waals surface area contributed by atoms with E-state index in [1.165, 1.54) is 11.1 Å². The Hall–Kier alpha value is -2.17. The van der Waals surface area contributed by atoms with Gasteiger partial charge in [0.15, 0.2) is 5.78 Å². The van der Waals surface area contributed by atoms with E-state index in [4.69, 9.17) is 4.74 Å². The van der Waals surface area contributed by atoms with E-state index in [1.807, 2.05) is 26.2 Å². The first-order valence-electron chi connectivity index (χ1n) is 11.2. The van der Waals surface area contributed by atoms with Crippen LogP contribution in [0.2, 0.25) is 0 Å². The van der Waals surface area contributed by atoms with Crippen LogP contribution in [-0.4, -0.2) is 56.6 Å². The van der Waals surface area contributed by atoms with Crippen molar-refractivity contribution in [1.82, 2.24) is 4.90 Å². The molecular weight excluding hydrogens is 372 g/mol. The van der Waals surface area contributed by atoms with Crippen molar-refractivity contribution in [2.45, 2.75) is 45.1 Å². The number of anilines is 1. The molecule has 3 rings (SSSR count). The lowest BCUT2D eigenvalue weighted by molar-refractivity contribution is 0.0643. The van der Waals surface area contributed by atoms with E-state index in [2.05, 4.69) is 60.0 Å².